The summed E-state index contributed by atoms with van der Waals surface area (Å²) in [5.74, 6) is -0.950. The lowest BCUT2D eigenvalue weighted by atomic mass is 10.2. The van der Waals surface area contributed by atoms with E-state index in [-0.39, 0.29) is 23.8 Å². The number of nitrogens with one attached hydrogen (secondary N) is 2. The molecular weight excluding hydrogens is 386 g/mol. The summed E-state index contributed by atoms with van der Waals surface area (Å²) in [6.45, 7) is -3.00. The molecule has 1 heterocycles. The molecule has 0 aliphatic carbocycles. The lowest BCUT2D eigenvalue weighted by Crippen LogP contribution is -2.32. The third-order valence-corrected chi connectivity index (χ3v) is 5.02. The van der Waals surface area contributed by atoms with Crippen LogP contribution in [0.1, 0.15) is 6.42 Å². The summed E-state index contributed by atoms with van der Waals surface area (Å²) >= 11 is 7.14. The normalized spacial score (nSPS) is 16.0. The maximum atomic E-state index is 12.4. The molecule has 1 aliphatic heterocycles. The zero-order valence-corrected chi connectivity index (χ0v) is 14.7. The highest BCUT2D eigenvalue weighted by Crippen LogP contribution is 2.38. The minimum Gasteiger partial charge on any atom is -0.433 e. The van der Waals surface area contributed by atoms with Gasteiger partial charge in [-0.25, -0.2) is 0 Å². The first kappa shape index (κ1) is 18.5. The van der Waals surface area contributed by atoms with Gasteiger partial charge in [-0.05, 0) is 30.3 Å². The van der Waals surface area contributed by atoms with Gasteiger partial charge in [0.25, 0.3) is 0 Å². The summed E-state index contributed by atoms with van der Waals surface area (Å²) in [7, 11) is 0. The monoisotopic (exact) mass is 398 g/mol. The molecule has 0 saturated carbocycles. The highest BCUT2D eigenvalue weighted by molar-refractivity contribution is 8.01. The molecule has 2 N–H and O–H groups in total. The molecule has 2 aromatic rings. The van der Waals surface area contributed by atoms with Crippen molar-refractivity contribution in [2.45, 2.75) is 23.2 Å². The van der Waals surface area contributed by atoms with Gasteiger partial charge in [0.2, 0.25) is 11.8 Å². The number of carbonyl (C=O) groups excluding carboxylic acids is 2. The van der Waals surface area contributed by atoms with E-state index in [0.29, 0.717) is 10.7 Å². The number of fused-ring (bicyclic) bond motifs is 1. The van der Waals surface area contributed by atoms with E-state index in [9.17, 15) is 18.4 Å². The molecule has 5 nitrogen and oxygen atoms in total. The van der Waals surface area contributed by atoms with Gasteiger partial charge in [-0.2, -0.15) is 8.78 Å². The first-order chi connectivity index (χ1) is 12.4. The fourth-order valence-corrected chi connectivity index (χ4v) is 3.66. The number of rotatable bonds is 5. The van der Waals surface area contributed by atoms with Gasteiger partial charge in [0.05, 0.1) is 16.6 Å². The maximum Gasteiger partial charge on any atom is 0.387 e. The summed E-state index contributed by atoms with van der Waals surface area (Å²) in [5, 5.41) is 5.06. The Kier molecular flexibility index (Phi) is 5.63. The van der Waals surface area contributed by atoms with Gasteiger partial charge in [-0.1, -0.05) is 23.7 Å². The molecule has 1 unspecified atom stereocenters. The number of carbonyl (C=O) groups is 2. The third kappa shape index (κ3) is 4.44. The topological polar surface area (TPSA) is 67.4 Å². The molecule has 26 heavy (non-hydrogen) atoms. The zero-order valence-electron chi connectivity index (χ0n) is 13.2. The Morgan fingerprint density at radius 2 is 2.08 bits per heavy atom. The number of para-hydroxylation sites is 2. The van der Waals surface area contributed by atoms with Crippen LogP contribution in [0.4, 0.5) is 20.2 Å². The van der Waals surface area contributed by atoms with Gasteiger partial charge >= 0.3 is 6.61 Å². The van der Waals surface area contributed by atoms with Crippen LogP contribution in [0, 0.1) is 0 Å². The summed E-state index contributed by atoms with van der Waals surface area (Å²) in [5.41, 5.74) is 0.714. The molecular formula is C17H13ClF2N2O3S. The van der Waals surface area contributed by atoms with E-state index in [2.05, 4.69) is 15.4 Å². The average molecular weight is 399 g/mol. The van der Waals surface area contributed by atoms with Gasteiger partial charge < -0.3 is 15.4 Å². The first-order valence-electron chi connectivity index (χ1n) is 7.53. The van der Waals surface area contributed by atoms with Crippen LogP contribution in [0.15, 0.2) is 47.4 Å². The molecule has 0 saturated heterocycles. The predicted molar refractivity (Wildman–Crippen MR) is 96.0 cm³/mol. The lowest BCUT2D eigenvalue weighted by molar-refractivity contribution is -0.120. The molecule has 9 heteroatoms. The van der Waals surface area contributed by atoms with Crippen LogP contribution in [0.25, 0.3) is 0 Å². The van der Waals surface area contributed by atoms with Gasteiger partial charge in [-0.3, -0.25) is 9.59 Å². The zero-order chi connectivity index (χ0) is 18.7. The number of halogens is 3. The van der Waals surface area contributed by atoms with Crippen molar-refractivity contribution >= 4 is 46.6 Å². The Hall–Kier alpha value is -2.32. The van der Waals surface area contributed by atoms with E-state index in [0.717, 1.165) is 4.90 Å². The van der Waals surface area contributed by atoms with Gasteiger partial charge in [0.1, 0.15) is 5.75 Å². The average Bonchev–Trinajstić information content (AvgIpc) is 2.57. The highest BCUT2D eigenvalue weighted by Gasteiger charge is 2.29. The number of amides is 2. The van der Waals surface area contributed by atoms with Gasteiger partial charge in [0.15, 0.2) is 0 Å². The Morgan fingerprint density at radius 1 is 1.31 bits per heavy atom. The van der Waals surface area contributed by atoms with Crippen molar-refractivity contribution in [1.82, 2.24) is 0 Å². The highest BCUT2D eigenvalue weighted by atomic mass is 35.5. The van der Waals surface area contributed by atoms with Crippen molar-refractivity contribution in [3.63, 3.8) is 0 Å². The number of thioether (sulfide) groups is 1. The number of ether oxygens (including phenoxy) is 1. The fraction of sp³-hybridized carbons (Fsp3) is 0.176. The molecule has 1 atom stereocenters. The quantitative estimate of drug-likeness (QED) is 0.784. The van der Waals surface area contributed by atoms with Crippen molar-refractivity contribution in [1.29, 1.82) is 0 Å². The number of anilines is 2. The van der Waals surface area contributed by atoms with Crippen LogP contribution in [-0.2, 0) is 9.59 Å². The summed E-state index contributed by atoms with van der Waals surface area (Å²) < 4.78 is 29.2. The molecule has 0 fully saturated rings. The van der Waals surface area contributed by atoms with E-state index < -0.39 is 17.8 Å². The minimum absolute atomic E-state index is 0.117. The molecule has 2 aromatic carbocycles. The second-order valence-corrected chi connectivity index (χ2v) is 7.04. The molecule has 2 amide bonds. The van der Waals surface area contributed by atoms with Crippen LogP contribution in [0.3, 0.4) is 0 Å². The number of alkyl halides is 2. The van der Waals surface area contributed by atoms with E-state index in [1.807, 2.05) is 0 Å². The summed E-state index contributed by atoms with van der Waals surface area (Å²) in [6, 6.07) is 11.0. The van der Waals surface area contributed by atoms with Crippen LogP contribution >= 0.6 is 23.4 Å². The first-order valence-corrected chi connectivity index (χ1v) is 8.79. The van der Waals surface area contributed by atoms with Crippen molar-refractivity contribution in [2.24, 2.45) is 0 Å². The summed E-state index contributed by atoms with van der Waals surface area (Å²) in [6.07, 6.45) is -0.123. The van der Waals surface area contributed by atoms with Crippen LogP contribution in [-0.4, -0.2) is 23.7 Å². The smallest absolute Gasteiger partial charge is 0.387 e. The Balaban J connectivity index is 1.67. The molecule has 0 bridgehead atoms. The summed E-state index contributed by atoms with van der Waals surface area (Å²) in [4.78, 5) is 25.3. The standard InChI is InChI=1S/C17H13ClF2N2O3S/c18-9-5-6-13-11(7-9)22-16(24)14(26-13)8-15(23)21-10-3-1-2-4-12(10)25-17(19)20/h1-7,14,17H,8H2,(H,21,23)(H,22,24). The van der Waals surface area contributed by atoms with E-state index in [1.165, 1.54) is 30.0 Å². The molecule has 0 radical (unpaired) electrons. The molecule has 136 valence electrons. The Morgan fingerprint density at radius 3 is 2.85 bits per heavy atom. The van der Waals surface area contributed by atoms with Crippen LogP contribution in [0.2, 0.25) is 5.02 Å². The van der Waals surface area contributed by atoms with Crippen LogP contribution < -0.4 is 15.4 Å². The minimum atomic E-state index is -3.00. The number of hydrogen-bond acceptors (Lipinski definition) is 4. The fourth-order valence-electron chi connectivity index (χ4n) is 2.40. The maximum absolute atomic E-state index is 12.4. The van der Waals surface area contributed by atoms with E-state index >= 15 is 0 Å². The van der Waals surface area contributed by atoms with Gasteiger partial charge in [0, 0.05) is 16.3 Å². The second-order valence-electron chi connectivity index (χ2n) is 5.36. The van der Waals surface area contributed by atoms with Crippen molar-refractivity contribution < 1.29 is 23.1 Å². The second kappa shape index (κ2) is 7.92. The van der Waals surface area contributed by atoms with Crippen LogP contribution in [0.5, 0.6) is 5.75 Å². The molecule has 0 spiro atoms. The lowest BCUT2D eigenvalue weighted by Gasteiger charge is -2.24. The van der Waals surface area contributed by atoms with E-state index in [4.69, 9.17) is 11.6 Å². The number of benzene rings is 2. The molecule has 0 aromatic heterocycles. The van der Waals surface area contributed by atoms with Crippen molar-refractivity contribution in [2.75, 3.05) is 10.6 Å². The number of hydrogen-bond donors (Lipinski definition) is 2. The van der Waals surface area contributed by atoms with E-state index in [1.54, 1.807) is 24.3 Å². The van der Waals surface area contributed by atoms with Gasteiger partial charge in [-0.15, -0.1) is 11.8 Å². The van der Waals surface area contributed by atoms with Crippen molar-refractivity contribution in [3.8, 4) is 5.75 Å². The Labute approximate surface area is 157 Å². The third-order valence-electron chi connectivity index (χ3n) is 3.51. The Bertz CT molecular complexity index is 851. The predicted octanol–water partition coefficient (Wildman–Crippen LogP) is 4.38. The molecule has 3 rings (SSSR count). The largest absolute Gasteiger partial charge is 0.433 e. The SMILES string of the molecule is O=C(CC1Sc2ccc(Cl)cc2NC1=O)Nc1ccccc1OC(F)F. The molecule has 1 aliphatic rings. The van der Waals surface area contributed by atoms with Crippen molar-refractivity contribution in [3.05, 3.63) is 47.5 Å².